The van der Waals surface area contributed by atoms with Gasteiger partial charge >= 0.3 is 5.97 Å². The lowest BCUT2D eigenvalue weighted by atomic mass is 10.2. The first-order valence-electron chi connectivity index (χ1n) is 6.90. The third-order valence-electron chi connectivity index (χ3n) is 2.96. The number of amides is 1. The average Bonchev–Trinajstić information content (AvgIpc) is 2.53. The van der Waals surface area contributed by atoms with Crippen LogP contribution in [-0.2, 0) is 16.1 Å². The van der Waals surface area contributed by atoms with E-state index in [-0.39, 0.29) is 12.5 Å². The van der Waals surface area contributed by atoms with Crippen molar-refractivity contribution < 1.29 is 14.3 Å². The Hall–Kier alpha value is -2.33. The number of rotatable bonds is 5. The summed E-state index contributed by atoms with van der Waals surface area (Å²) in [6, 6.07) is 13.8. The van der Waals surface area contributed by atoms with E-state index in [1.807, 2.05) is 6.07 Å². The van der Waals surface area contributed by atoms with Gasteiger partial charge in [0.25, 0.3) is 0 Å². The van der Waals surface area contributed by atoms with Crippen molar-refractivity contribution in [2.24, 2.45) is 0 Å². The van der Waals surface area contributed by atoms with Gasteiger partial charge in [-0.05, 0) is 35.9 Å². The van der Waals surface area contributed by atoms with E-state index >= 15 is 0 Å². The lowest BCUT2D eigenvalue weighted by molar-refractivity contribution is -0.115. The molecule has 0 heterocycles. The molecule has 0 aromatic heterocycles. The van der Waals surface area contributed by atoms with Gasteiger partial charge in [0, 0.05) is 17.1 Å². The van der Waals surface area contributed by atoms with Crippen molar-refractivity contribution in [2.45, 2.75) is 20.0 Å². The van der Waals surface area contributed by atoms with Crippen LogP contribution in [0, 0.1) is 0 Å². The Labute approximate surface area is 134 Å². The molecule has 0 aliphatic rings. The monoisotopic (exact) mass is 317 g/mol. The maximum absolute atomic E-state index is 12.0. The van der Waals surface area contributed by atoms with Crippen LogP contribution in [0.2, 0.25) is 5.02 Å². The van der Waals surface area contributed by atoms with Crippen molar-refractivity contribution in [3.05, 3.63) is 64.7 Å². The fraction of sp³-hybridized carbons (Fsp3) is 0.176. The maximum atomic E-state index is 12.0. The smallest absolute Gasteiger partial charge is 0.338 e. The van der Waals surface area contributed by atoms with Crippen molar-refractivity contribution in [1.29, 1.82) is 0 Å². The zero-order chi connectivity index (χ0) is 15.9. The summed E-state index contributed by atoms with van der Waals surface area (Å²) in [4.78, 5) is 23.4. The first-order chi connectivity index (χ1) is 10.6. The average molecular weight is 318 g/mol. The highest BCUT2D eigenvalue weighted by molar-refractivity contribution is 6.30. The molecular formula is C17H16ClNO3. The molecule has 5 heteroatoms. The zero-order valence-electron chi connectivity index (χ0n) is 12.1. The third-order valence-corrected chi connectivity index (χ3v) is 3.20. The Morgan fingerprint density at radius 3 is 2.64 bits per heavy atom. The summed E-state index contributed by atoms with van der Waals surface area (Å²) in [6.45, 7) is 1.91. The molecule has 0 aliphatic heterocycles. The van der Waals surface area contributed by atoms with E-state index < -0.39 is 5.97 Å². The van der Waals surface area contributed by atoms with Crippen LogP contribution in [0.5, 0.6) is 0 Å². The topological polar surface area (TPSA) is 55.4 Å². The van der Waals surface area contributed by atoms with Gasteiger partial charge in [0.1, 0.15) is 6.61 Å². The van der Waals surface area contributed by atoms with Crippen molar-refractivity contribution in [1.82, 2.24) is 0 Å². The summed E-state index contributed by atoms with van der Waals surface area (Å²) in [5, 5.41) is 3.30. The molecule has 0 spiro atoms. The van der Waals surface area contributed by atoms with Gasteiger partial charge in [-0.3, -0.25) is 4.79 Å². The summed E-state index contributed by atoms with van der Waals surface area (Å²) in [6.07, 6.45) is 0.378. The van der Waals surface area contributed by atoms with E-state index in [2.05, 4.69) is 5.32 Å². The minimum absolute atomic E-state index is 0.107. The minimum Gasteiger partial charge on any atom is -0.457 e. The van der Waals surface area contributed by atoms with E-state index in [1.165, 1.54) is 0 Å². The van der Waals surface area contributed by atoms with Crippen molar-refractivity contribution >= 4 is 29.2 Å². The number of hydrogen-bond acceptors (Lipinski definition) is 3. The van der Waals surface area contributed by atoms with Crippen LogP contribution < -0.4 is 5.32 Å². The second-order valence-corrected chi connectivity index (χ2v) is 5.13. The lowest BCUT2D eigenvalue weighted by Crippen LogP contribution is -2.11. The van der Waals surface area contributed by atoms with E-state index in [9.17, 15) is 9.59 Å². The molecule has 1 amide bonds. The Morgan fingerprint density at radius 1 is 1.14 bits per heavy atom. The largest absolute Gasteiger partial charge is 0.457 e. The fourth-order valence-electron chi connectivity index (χ4n) is 1.83. The predicted molar refractivity (Wildman–Crippen MR) is 85.9 cm³/mol. The standard InChI is InChI=1S/C17H16ClNO3/c1-2-16(20)19-15-8-4-6-13(10-15)17(21)22-11-12-5-3-7-14(18)9-12/h3-10H,2,11H2,1H3,(H,19,20). The highest BCUT2D eigenvalue weighted by atomic mass is 35.5. The predicted octanol–water partition coefficient (Wildman–Crippen LogP) is 4.05. The molecule has 2 rings (SSSR count). The molecule has 0 aliphatic carbocycles. The van der Waals surface area contributed by atoms with Gasteiger partial charge < -0.3 is 10.1 Å². The molecular weight excluding hydrogens is 302 g/mol. The molecule has 2 aromatic rings. The molecule has 4 nitrogen and oxygen atoms in total. The normalized spacial score (nSPS) is 10.1. The van der Waals surface area contributed by atoms with Crippen LogP contribution in [0.3, 0.4) is 0 Å². The van der Waals surface area contributed by atoms with Crippen LogP contribution in [-0.4, -0.2) is 11.9 Å². The highest BCUT2D eigenvalue weighted by Gasteiger charge is 2.09. The summed E-state index contributed by atoms with van der Waals surface area (Å²) < 4.78 is 5.25. The van der Waals surface area contributed by atoms with Crippen LogP contribution in [0.15, 0.2) is 48.5 Å². The van der Waals surface area contributed by atoms with Gasteiger partial charge in [-0.1, -0.05) is 36.7 Å². The van der Waals surface area contributed by atoms with Gasteiger partial charge in [0.2, 0.25) is 5.91 Å². The Morgan fingerprint density at radius 2 is 1.91 bits per heavy atom. The van der Waals surface area contributed by atoms with Gasteiger partial charge in [-0.15, -0.1) is 0 Å². The number of anilines is 1. The second-order valence-electron chi connectivity index (χ2n) is 4.69. The molecule has 22 heavy (non-hydrogen) atoms. The molecule has 0 saturated heterocycles. The number of benzene rings is 2. The van der Waals surface area contributed by atoms with Gasteiger partial charge in [-0.25, -0.2) is 4.79 Å². The van der Waals surface area contributed by atoms with Gasteiger partial charge in [-0.2, -0.15) is 0 Å². The van der Waals surface area contributed by atoms with Crippen LogP contribution in [0.1, 0.15) is 29.3 Å². The van der Waals surface area contributed by atoms with E-state index in [0.717, 1.165) is 5.56 Å². The number of ether oxygens (including phenoxy) is 1. The molecule has 1 N–H and O–H groups in total. The Bertz CT molecular complexity index is 685. The number of hydrogen-bond donors (Lipinski definition) is 1. The van der Waals surface area contributed by atoms with Crippen LogP contribution in [0.25, 0.3) is 0 Å². The molecule has 0 radical (unpaired) electrons. The van der Waals surface area contributed by atoms with Crippen LogP contribution in [0.4, 0.5) is 5.69 Å². The lowest BCUT2D eigenvalue weighted by Gasteiger charge is -2.08. The van der Waals surface area contributed by atoms with E-state index in [1.54, 1.807) is 49.4 Å². The SMILES string of the molecule is CCC(=O)Nc1cccc(C(=O)OCc2cccc(Cl)c2)c1. The maximum Gasteiger partial charge on any atom is 0.338 e. The first kappa shape index (κ1) is 16.0. The minimum atomic E-state index is -0.451. The van der Waals surface area contributed by atoms with Crippen LogP contribution >= 0.6 is 11.6 Å². The number of esters is 1. The zero-order valence-corrected chi connectivity index (χ0v) is 12.9. The number of carbonyl (C=O) groups is 2. The number of carbonyl (C=O) groups excluding carboxylic acids is 2. The number of halogens is 1. The Kier molecular flexibility index (Phi) is 5.55. The third kappa shape index (κ3) is 4.60. The summed E-state index contributed by atoms with van der Waals surface area (Å²) in [5.74, 6) is -0.558. The van der Waals surface area contributed by atoms with Gasteiger partial charge in [0.05, 0.1) is 5.56 Å². The van der Waals surface area contributed by atoms with Crippen molar-refractivity contribution in [3.8, 4) is 0 Å². The molecule has 0 fully saturated rings. The summed E-state index contributed by atoms with van der Waals surface area (Å²) >= 11 is 5.88. The molecule has 2 aromatic carbocycles. The molecule has 0 atom stereocenters. The first-order valence-corrected chi connectivity index (χ1v) is 7.27. The quantitative estimate of drug-likeness (QED) is 0.846. The Balaban J connectivity index is 2.00. The number of nitrogens with one attached hydrogen (secondary N) is 1. The van der Waals surface area contributed by atoms with E-state index in [0.29, 0.717) is 22.7 Å². The molecule has 0 saturated carbocycles. The van der Waals surface area contributed by atoms with Crippen molar-refractivity contribution in [2.75, 3.05) is 5.32 Å². The fourth-order valence-corrected chi connectivity index (χ4v) is 2.05. The summed E-state index contributed by atoms with van der Waals surface area (Å²) in [5.41, 5.74) is 1.77. The molecule has 0 bridgehead atoms. The summed E-state index contributed by atoms with van der Waals surface area (Å²) in [7, 11) is 0. The molecule has 0 unspecified atom stereocenters. The highest BCUT2D eigenvalue weighted by Crippen LogP contribution is 2.15. The van der Waals surface area contributed by atoms with Crippen molar-refractivity contribution in [3.63, 3.8) is 0 Å². The van der Waals surface area contributed by atoms with E-state index in [4.69, 9.17) is 16.3 Å². The van der Waals surface area contributed by atoms with Gasteiger partial charge in [0.15, 0.2) is 0 Å². The second kappa shape index (κ2) is 7.61. The molecule has 114 valence electrons.